The Morgan fingerprint density at radius 3 is 2.44 bits per heavy atom. The minimum Gasteiger partial charge on any atom is -0.461 e. The Labute approximate surface area is 160 Å². The van der Waals surface area contributed by atoms with Crippen molar-refractivity contribution in [2.45, 2.75) is 39.8 Å². The van der Waals surface area contributed by atoms with Gasteiger partial charge in [-0.15, -0.1) is 11.3 Å². The number of carbonyl (C=O) groups excluding carboxylic acids is 2. The molecule has 1 heterocycles. The second-order valence-electron chi connectivity index (χ2n) is 6.42. The number of halogens is 1. The minimum atomic E-state index is -0.438. The van der Waals surface area contributed by atoms with Crippen molar-refractivity contribution in [2.75, 3.05) is 6.61 Å². The van der Waals surface area contributed by atoms with Crippen LogP contribution in [0.1, 0.15) is 53.5 Å². The van der Waals surface area contributed by atoms with Crippen molar-refractivity contribution >= 4 is 39.1 Å². The first-order chi connectivity index (χ1) is 11.7. The maximum absolute atomic E-state index is 12.9. The second-order valence-corrected chi connectivity index (χ2v) is 8.27. The van der Waals surface area contributed by atoms with E-state index in [4.69, 9.17) is 4.74 Å². The number of ether oxygens (including phenoxy) is 1. The SMILES string of the molecule is CCOC(=O)c1csc(CN(C(=O)c2ccc(Br)cc2)C(C)(C)C)n1. The summed E-state index contributed by atoms with van der Waals surface area (Å²) in [5.41, 5.74) is 0.506. The highest BCUT2D eigenvalue weighted by atomic mass is 79.9. The van der Waals surface area contributed by atoms with Gasteiger partial charge in [-0.3, -0.25) is 4.79 Å². The molecule has 1 aromatic carbocycles. The molecule has 0 fully saturated rings. The van der Waals surface area contributed by atoms with Crippen molar-refractivity contribution in [3.05, 3.63) is 50.4 Å². The molecule has 134 valence electrons. The molecule has 0 aliphatic heterocycles. The van der Waals surface area contributed by atoms with E-state index in [1.165, 1.54) is 11.3 Å². The monoisotopic (exact) mass is 424 g/mol. The van der Waals surface area contributed by atoms with Crippen LogP contribution in [0.5, 0.6) is 0 Å². The summed E-state index contributed by atoms with van der Waals surface area (Å²) in [4.78, 5) is 30.8. The van der Waals surface area contributed by atoms with E-state index >= 15 is 0 Å². The third-order valence-corrected chi connectivity index (χ3v) is 4.84. The molecule has 5 nitrogen and oxygen atoms in total. The standard InChI is InChI=1S/C18H21BrN2O3S/c1-5-24-17(23)14-11-25-15(20-14)10-21(18(2,3)4)16(22)12-6-8-13(19)9-7-12/h6-9,11H,5,10H2,1-4H3. The molecule has 0 bridgehead atoms. The van der Waals surface area contributed by atoms with Gasteiger partial charge in [-0.1, -0.05) is 15.9 Å². The topological polar surface area (TPSA) is 59.5 Å². The Balaban J connectivity index is 2.23. The average molecular weight is 425 g/mol. The van der Waals surface area contributed by atoms with Gasteiger partial charge in [-0.2, -0.15) is 0 Å². The van der Waals surface area contributed by atoms with E-state index in [-0.39, 0.29) is 17.1 Å². The zero-order chi connectivity index (χ0) is 18.6. The van der Waals surface area contributed by atoms with Crippen molar-refractivity contribution in [1.82, 2.24) is 9.88 Å². The molecule has 0 aliphatic rings. The fourth-order valence-corrected chi connectivity index (χ4v) is 3.20. The molecule has 25 heavy (non-hydrogen) atoms. The van der Waals surface area contributed by atoms with E-state index in [1.807, 2.05) is 32.9 Å². The lowest BCUT2D eigenvalue weighted by atomic mass is 10.0. The number of hydrogen-bond acceptors (Lipinski definition) is 5. The van der Waals surface area contributed by atoms with Gasteiger partial charge in [0.15, 0.2) is 5.69 Å². The largest absolute Gasteiger partial charge is 0.461 e. The number of rotatable bonds is 5. The van der Waals surface area contributed by atoms with E-state index < -0.39 is 5.97 Å². The Morgan fingerprint density at radius 2 is 1.88 bits per heavy atom. The molecule has 0 saturated carbocycles. The predicted octanol–water partition coefficient (Wildman–Crippen LogP) is 4.52. The molecule has 2 rings (SSSR count). The quantitative estimate of drug-likeness (QED) is 0.661. The smallest absolute Gasteiger partial charge is 0.357 e. The van der Waals surface area contributed by atoms with Crippen molar-refractivity contribution in [3.8, 4) is 0 Å². The van der Waals surface area contributed by atoms with Crippen LogP contribution >= 0.6 is 27.3 Å². The van der Waals surface area contributed by atoms with Crippen LogP contribution in [0.25, 0.3) is 0 Å². The van der Waals surface area contributed by atoms with Gasteiger partial charge in [0.05, 0.1) is 13.2 Å². The zero-order valence-electron chi connectivity index (χ0n) is 14.7. The van der Waals surface area contributed by atoms with E-state index in [2.05, 4.69) is 20.9 Å². The normalized spacial score (nSPS) is 11.2. The van der Waals surface area contributed by atoms with Gasteiger partial charge in [0.2, 0.25) is 0 Å². The maximum atomic E-state index is 12.9. The van der Waals surface area contributed by atoms with Gasteiger partial charge in [0.25, 0.3) is 5.91 Å². The third-order valence-electron chi connectivity index (χ3n) is 3.48. The Kier molecular flexibility index (Phi) is 6.35. The van der Waals surface area contributed by atoms with Crippen LogP contribution in [-0.2, 0) is 11.3 Å². The maximum Gasteiger partial charge on any atom is 0.357 e. The summed E-state index contributed by atoms with van der Waals surface area (Å²) < 4.78 is 5.88. The molecule has 2 aromatic rings. The van der Waals surface area contributed by atoms with Crippen LogP contribution < -0.4 is 0 Å². The average Bonchev–Trinajstić information content (AvgIpc) is 3.01. The number of thiazole rings is 1. The van der Waals surface area contributed by atoms with Crippen LogP contribution in [0.3, 0.4) is 0 Å². The summed E-state index contributed by atoms with van der Waals surface area (Å²) in [7, 11) is 0. The summed E-state index contributed by atoms with van der Waals surface area (Å²) in [6, 6.07) is 7.26. The van der Waals surface area contributed by atoms with Crippen molar-refractivity contribution in [3.63, 3.8) is 0 Å². The van der Waals surface area contributed by atoms with Gasteiger partial charge < -0.3 is 9.64 Å². The van der Waals surface area contributed by atoms with Crippen molar-refractivity contribution in [1.29, 1.82) is 0 Å². The Hall–Kier alpha value is -1.73. The van der Waals surface area contributed by atoms with Crippen LogP contribution in [0.2, 0.25) is 0 Å². The van der Waals surface area contributed by atoms with E-state index in [0.29, 0.717) is 23.7 Å². The highest BCUT2D eigenvalue weighted by molar-refractivity contribution is 9.10. The van der Waals surface area contributed by atoms with Crippen LogP contribution in [0, 0.1) is 0 Å². The van der Waals surface area contributed by atoms with E-state index in [9.17, 15) is 9.59 Å². The van der Waals surface area contributed by atoms with Crippen LogP contribution in [0.15, 0.2) is 34.1 Å². The van der Waals surface area contributed by atoms with Crippen LogP contribution in [-0.4, -0.2) is 33.9 Å². The predicted molar refractivity (Wildman–Crippen MR) is 102 cm³/mol. The number of aromatic nitrogens is 1. The van der Waals surface area contributed by atoms with Crippen LogP contribution in [0.4, 0.5) is 0 Å². The molecule has 0 radical (unpaired) electrons. The van der Waals surface area contributed by atoms with E-state index in [0.717, 1.165) is 4.47 Å². The van der Waals surface area contributed by atoms with E-state index in [1.54, 1.807) is 29.3 Å². The van der Waals surface area contributed by atoms with Gasteiger partial charge >= 0.3 is 5.97 Å². The molecule has 7 heteroatoms. The second kappa shape index (κ2) is 8.10. The molecule has 0 aliphatic carbocycles. The Morgan fingerprint density at radius 1 is 1.24 bits per heavy atom. The van der Waals surface area contributed by atoms with Gasteiger partial charge in [-0.05, 0) is 52.0 Å². The molecular weight excluding hydrogens is 404 g/mol. The molecule has 0 saturated heterocycles. The number of benzene rings is 1. The van der Waals surface area contributed by atoms with Crippen molar-refractivity contribution < 1.29 is 14.3 Å². The lowest BCUT2D eigenvalue weighted by Crippen LogP contribution is -2.45. The number of carbonyl (C=O) groups is 2. The molecule has 1 aromatic heterocycles. The summed E-state index contributed by atoms with van der Waals surface area (Å²) in [6.07, 6.45) is 0. The molecular formula is C18H21BrN2O3S. The van der Waals surface area contributed by atoms with Gasteiger partial charge in [0, 0.05) is 21.0 Å². The zero-order valence-corrected chi connectivity index (χ0v) is 17.1. The first-order valence-corrected chi connectivity index (χ1v) is 9.58. The fraction of sp³-hybridized carbons (Fsp3) is 0.389. The molecule has 0 N–H and O–H groups in total. The highest BCUT2D eigenvalue weighted by Gasteiger charge is 2.28. The summed E-state index contributed by atoms with van der Waals surface area (Å²) in [6.45, 7) is 8.32. The summed E-state index contributed by atoms with van der Waals surface area (Å²) >= 11 is 4.73. The number of hydrogen-bond donors (Lipinski definition) is 0. The Bertz CT molecular complexity index is 750. The van der Waals surface area contributed by atoms with Gasteiger partial charge in [-0.25, -0.2) is 9.78 Å². The lowest BCUT2D eigenvalue weighted by Gasteiger charge is -2.35. The first kappa shape index (κ1) is 19.6. The highest BCUT2D eigenvalue weighted by Crippen LogP contribution is 2.23. The summed E-state index contributed by atoms with van der Waals surface area (Å²) in [5.74, 6) is -0.514. The number of amides is 1. The number of nitrogens with zero attached hydrogens (tertiary/aromatic N) is 2. The third kappa shape index (κ3) is 5.12. The van der Waals surface area contributed by atoms with Crippen molar-refractivity contribution in [2.24, 2.45) is 0 Å². The van der Waals surface area contributed by atoms with Gasteiger partial charge in [0.1, 0.15) is 5.01 Å². The lowest BCUT2D eigenvalue weighted by molar-refractivity contribution is 0.0520. The molecule has 0 unspecified atom stereocenters. The first-order valence-electron chi connectivity index (χ1n) is 7.91. The number of esters is 1. The molecule has 0 spiro atoms. The molecule has 0 atom stereocenters. The molecule has 1 amide bonds. The summed E-state index contributed by atoms with van der Waals surface area (Å²) in [5, 5.41) is 2.36. The minimum absolute atomic E-state index is 0.0760. The fourth-order valence-electron chi connectivity index (χ4n) is 2.18.